The van der Waals surface area contributed by atoms with Gasteiger partial charge in [0.05, 0.1) is 12.2 Å². The van der Waals surface area contributed by atoms with Gasteiger partial charge >= 0.3 is 5.97 Å². The number of carboxylic acids is 1. The van der Waals surface area contributed by atoms with Crippen molar-refractivity contribution in [2.75, 3.05) is 13.2 Å². The molecule has 5 nitrogen and oxygen atoms in total. The van der Waals surface area contributed by atoms with Crippen molar-refractivity contribution in [2.45, 2.75) is 40.7 Å². The Morgan fingerprint density at radius 1 is 1.35 bits per heavy atom. The maximum atomic E-state index is 11.9. The highest BCUT2D eigenvalue weighted by molar-refractivity contribution is 5.90. The number of carboxylic acid groups (broad SMARTS) is 1. The van der Waals surface area contributed by atoms with E-state index in [-0.39, 0.29) is 11.1 Å². The first-order valence-corrected chi connectivity index (χ1v) is 6.86. The van der Waals surface area contributed by atoms with E-state index >= 15 is 0 Å². The Morgan fingerprint density at radius 3 is 2.55 bits per heavy atom. The summed E-state index contributed by atoms with van der Waals surface area (Å²) in [5, 5.41) is 9.19. The minimum absolute atomic E-state index is 0.183. The molecular weight excluding hydrogens is 258 g/mol. The van der Waals surface area contributed by atoms with Crippen LogP contribution in [0.1, 0.15) is 41.9 Å². The van der Waals surface area contributed by atoms with Crippen molar-refractivity contribution < 1.29 is 14.6 Å². The minimum Gasteiger partial charge on any atom is -0.478 e. The summed E-state index contributed by atoms with van der Waals surface area (Å²) in [4.78, 5) is 23.1. The van der Waals surface area contributed by atoms with E-state index in [0.29, 0.717) is 36.9 Å². The van der Waals surface area contributed by atoms with Crippen molar-refractivity contribution in [2.24, 2.45) is 5.92 Å². The first-order chi connectivity index (χ1) is 9.34. The summed E-state index contributed by atoms with van der Waals surface area (Å²) in [6.45, 7) is 8.99. The summed E-state index contributed by atoms with van der Waals surface area (Å²) in [6, 6.07) is 1.37. The molecule has 1 aromatic heterocycles. The Hall–Kier alpha value is -1.62. The normalized spacial score (nSPS) is 11.1. The van der Waals surface area contributed by atoms with Gasteiger partial charge in [-0.2, -0.15) is 0 Å². The molecular formula is C15H23NO4. The average Bonchev–Trinajstić information content (AvgIpc) is 2.30. The molecule has 0 aliphatic heterocycles. The van der Waals surface area contributed by atoms with Crippen LogP contribution < -0.4 is 5.56 Å². The van der Waals surface area contributed by atoms with Crippen LogP contribution in [-0.2, 0) is 11.3 Å². The molecule has 0 bridgehead atoms. The predicted octanol–water partition coefficient (Wildman–Crippen LogP) is 2.23. The van der Waals surface area contributed by atoms with Gasteiger partial charge in [0, 0.05) is 24.9 Å². The van der Waals surface area contributed by atoms with Crippen molar-refractivity contribution in [3.8, 4) is 0 Å². The SMILES string of the molecule is Cc1cc(=O)n(CCOCCC(C)C)c(C)c1C(=O)O. The monoisotopic (exact) mass is 281 g/mol. The first kappa shape index (κ1) is 16.4. The van der Waals surface area contributed by atoms with E-state index in [1.165, 1.54) is 10.6 Å². The molecule has 0 radical (unpaired) electrons. The van der Waals surface area contributed by atoms with E-state index in [9.17, 15) is 14.7 Å². The van der Waals surface area contributed by atoms with Gasteiger partial charge in [-0.3, -0.25) is 4.79 Å². The number of rotatable bonds is 7. The smallest absolute Gasteiger partial charge is 0.337 e. The van der Waals surface area contributed by atoms with Crippen molar-refractivity contribution in [3.63, 3.8) is 0 Å². The van der Waals surface area contributed by atoms with Gasteiger partial charge in [-0.1, -0.05) is 13.8 Å². The van der Waals surface area contributed by atoms with Gasteiger partial charge < -0.3 is 14.4 Å². The van der Waals surface area contributed by atoms with Crippen LogP contribution in [0.2, 0.25) is 0 Å². The highest BCUT2D eigenvalue weighted by atomic mass is 16.5. The Balaban J connectivity index is 2.78. The Morgan fingerprint density at radius 2 is 2.00 bits per heavy atom. The molecule has 0 aliphatic carbocycles. The van der Waals surface area contributed by atoms with Crippen molar-refractivity contribution >= 4 is 5.97 Å². The first-order valence-electron chi connectivity index (χ1n) is 6.86. The summed E-state index contributed by atoms with van der Waals surface area (Å²) in [5.74, 6) is -0.424. The zero-order chi connectivity index (χ0) is 15.3. The second-order valence-corrected chi connectivity index (χ2v) is 5.38. The maximum Gasteiger partial charge on any atom is 0.337 e. The van der Waals surface area contributed by atoms with Crippen molar-refractivity contribution in [3.05, 3.63) is 33.2 Å². The molecule has 1 rings (SSSR count). The topological polar surface area (TPSA) is 68.5 Å². The summed E-state index contributed by atoms with van der Waals surface area (Å²) >= 11 is 0. The second-order valence-electron chi connectivity index (χ2n) is 5.38. The number of hydrogen-bond donors (Lipinski definition) is 1. The van der Waals surface area contributed by atoms with E-state index in [1.807, 2.05) is 0 Å². The zero-order valence-corrected chi connectivity index (χ0v) is 12.6. The molecule has 0 aromatic carbocycles. The summed E-state index contributed by atoms with van der Waals surface area (Å²) in [6.07, 6.45) is 0.974. The fourth-order valence-electron chi connectivity index (χ4n) is 2.10. The molecule has 0 aliphatic rings. The molecule has 112 valence electrons. The van der Waals surface area contributed by atoms with Crippen LogP contribution in [0.3, 0.4) is 0 Å². The Labute approximate surface area is 119 Å². The maximum absolute atomic E-state index is 11.9. The van der Waals surface area contributed by atoms with Crippen LogP contribution in [-0.4, -0.2) is 28.9 Å². The molecule has 1 heterocycles. The molecule has 0 saturated carbocycles. The molecule has 0 saturated heterocycles. The number of aromatic nitrogens is 1. The lowest BCUT2D eigenvalue weighted by Crippen LogP contribution is -2.27. The predicted molar refractivity (Wildman–Crippen MR) is 77.4 cm³/mol. The molecule has 0 fully saturated rings. The quantitative estimate of drug-likeness (QED) is 0.778. The Kier molecular flexibility index (Phi) is 5.95. The van der Waals surface area contributed by atoms with Gasteiger partial charge in [0.1, 0.15) is 0 Å². The number of aromatic carboxylic acids is 1. The lowest BCUT2D eigenvalue weighted by atomic mass is 10.1. The zero-order valence-electron chi connectivity index (χ0n) is 12.6. The molecule has 0 unspecified atom stereocenters. The van der Waals surface area contributed by atoms with Gasteiger partial charge in [0.15, 0.2) is 0 Å². The standard InChI is InChI=1S/C15H23NO4/c1-10(2)5-7-20-8-6-16-12(4)14(15(18)19)11(3)9-13(16)17/h9-10H,5-8H2,1-4H3,(H,18,19). The summed E-state index contributed by atoms with van der Waals surface area (Å²) < 4.78 is 6.95. The third-order valence-electron chi connectivity index (χ3n) is 3.28. The van der Waals surface area contributed by atoms with Crippen LogP contribution in [0.4, 0.5) is 0 Å². The van der Waals surface area contributed by atoms with E-state index in [1.54, 1.807) is 13.8 Å². The van der Waals surface area contributed by atoms with E-state index < -0.39 is 5.97 Å². The number of ether oxygens (including phenoxy) is 1. The lowest BCUT2D eigenvalue weighted by molar-refractivity contribution is 0.0693. The third kappa shape index (κ3) is 4.20. The lowest BCUT2D eigenvalue weighted by Gasteiger charge is -2.14. The Bertz CT molecular complexity index is 531. The second kappa shape index (κ2) is 7.24. The third-order valence-corrected chi connectivity index (χ3v) is 3.28. The van der Waals surface area contributed by atoms with Crippen LogP contribution in [0, 0.1) is 19.8 Å². The van der Waals surface area contributed by atoms with Crippen molar-refractivity contribution in [1.29, 1.82) is 0 Å². The molecule has 20 heavy (non-hydrogen) atoms. The number of aryl methyl sites for hydroxylation is 1. The van der Waals surface area contributed by atoms with Crippen LogP contribution in [0.5, 0.6) is 0 Å². The highest BCUT2D eigenvalue weighted by Gasteiger charge is 2.15. The van der Waals surface area contributed by atoms with Gasteiger partial charge in [0.25, 0.3) is 5.56 Å². The van der Waals surface area contributed by atoms with Crippen LogP contribution in [0.15, 0.2) is 10.9 Å². The molecule has 0 amide bonds. The molecule has 0 spiro atoms. The fourth-order valence-corrected chi connectivity index (χ4v) is 2.10. The summed E-state index contributed by atoms with van der Waals surface area (Å²) in [7, 11) is 0. The molecule has 1 N–H and O–H groups in total. The van der Waals surface area contributed by atoms with E-state index in [2.05, 4.69) is 13.8 Å². The van der Waals surface area contributed by atoms with Gasteiger partial charge in [-0.05, 0) is 31.7 Å². The number of nitrogens with zero attached hydrogens (tertiary/aromatic N) is 1. The highest BCUT2D eigenvalue weighted by Crippen LogP contribution is 2.11. The number of carbonyl (C=O) groups is 1. The van der Waals surface area contributed by atoms with E-state index in [4.69, 9.17) is 4.74 Å². The van der Waals surface area contributed by atoms with Crippen LogP contribution >= 0.6 is 0 Å². The van der Waals surface area contributed by atoms with E-state index in [0.717, 1.165) is 6.42 Å². The summed E-state index contributed by atoms with van der Waals surface area (Å²) in [5.41, 5.74) is 0.996. The average molecular weight is 281 g/mol. The number of hydrogen-bond acceptors (Lipinski definition) is 3. The number of pyridine rings is 1. The van der Waals surface area contributed by atoms with Crippen molar-refractivity contribution in [1.82, 2.24) is 4.57 Å². The van der Waals surface area contributed by atoms with Gasteiger partial charge in [0.2, 0.25) is 0 Å². The van der Waals surface area contributed by atoms with Gasteiger partial charge in [-0.15, -0.1) is 0 Å². The fraction of sp³-hybridized carbons (Fsp3) is 0.600. The molecule has 5 heteroatoms. The van der Waals surface area contributed by atoms with Crippen LogP contribution in [0.25, 0.3) is 0 Å². The molecule has 0 atom stereocenters. The minimum atomic E-state index is -1.01. The molecule has 1 aromatic rings. The van der Waals surface area contributed by atoms with Gasteiger partial charge in [-0.25, -0.2) is 4.79 Å². The largest absolute Gasteiger partial charge is 0.478 e.